The summed E-state index contributed by atoms with van der Waals surface area (Å²) in [6.45, 7) is 0. The predicted molar refractivity (Wildman–Crippen MR) is 110 cm³/mol. The van der Waals surface area contributed by atoms with Crippen molar-refractivity contribution in [3.8, 4) is 5.75 Å². The Morgan fingerprint density at radius 2 is 1.77 bits per heavy atom. The van der Waals surface area contributed by atoms with Crippen LogP contribution in [0.25, 0.3) is 0 Å². The molecule has 0 radical (unpaired) electrons. The fourth-order valence-corrected chi connectivity index (χ4v) is 3.84. The number of carbonyl (C=O) groups excluding carboxylic acids is 1. The first-order chi connectivity index (χ1) is 14.2. The number of methoxy groups -OCH3 is 1. The lowest BCUT2D eigenvalue weighted by Crippen LogP contribution is -2.16. The van der Waals surface area contributed by atoms with Crippen molar-refractivity contribution in [3.63, 3.8) is 0 Å². The number of halogens is 3. The van der Waals surface area contributed by atoms with Gasteiger partial charge in [0.05, 0.1) is 23.4 Å². The van der Waals surface area contributed by atoms with E-state index in [9.17, 15) is 22.0 Å². The molecule has 3 aromatic carbocycles. The summed E-state index contributed by atoms with van der Waals surface area (Å²) in [7, 11) is -2.89. The van der Waals surface area contributed by atoms with Crippen molar-refractivity contribution in [1.29, 1.82) is 0 Å². The quantitative estimate of drug-likeness (QED) is 0.568. The van der Waals surface area contributed by atoms with Crippen molar-refractivity contribution in [1.82, 2.24) is 0 Å². The Hall–Kier alpha value is -3.17. The highest BCUT2D eigenvalue weighted by Gasteiger charge is 2.20. The molecule has 0 spiro atoms. The molecule has 3 aromatic rings. The molecule has 0 aliphatic heterocycles. The van der Waals surface area contributed by atoms with Gasteiger partial charge in [0.2, 0.25) is 0 Å². The molecule has 156 valence electrons. The minimum atomic E-state index is -4.24. The molecule has 1 amide bonds. The van der Waals surface area contributed by atoms with Crippen molar-refractivity contribution < 1.29 is 26.7 Å². The van der Waals surface area contributed by atoms with E-state index >= 15 is 0 Å². The van der Waals surface area contributed by atoms with Crippen LogP contribution in [0.4, 0.5) is 20.2 Å². The van der Waals surface area contributed by atoms with Crippen LogP contribution in [0.5, 0.6) is 5.75 Å². The molecule has 0 aliphatic carbocycles. The van der Waals surface area contributed by atoms with Crippen LogP contribution in [-0.4, -0.2) is 21.4 Å². The Bertz CT molecular complexity index is 1220. The summed E-state index contributed by atoms with van der Waals surface area (Å²) >= 11 is 5.89. The van der Waals surface area contributed by atoms with Gasteiger partial charge in [0.25, 0.3) is 15.9 Å². The van der Waals surface area contributed by atoms with E-state index in [2.05, 4.69) is 5.32 Å². The number of anilines is 2. The van der Waals surface area contributed by atoms with Gasteiger partial charge >= 0.3 is 0 Å². The minimum Gasteiger partial charge on any atom is -0.495 e. The van der Waals surface area contributed by atoms with Gasteiger partial charge in [0.1, 0.15) is 17.4 Å². The highest BCUT2D eigenvalue weighted by Crippen LogP contribution is 2.29. The summed E-state index contributed by atoms with van der Waals surface area (Å²) in [5.41, 5.74) is -0.0917. The van der Waals surface area contributed by atoms with Gasteiger partial charge in [0, 0.05) is 16.7 Å². The molecule has 2 N–H and O–H groups in total. The second-order valence-corrected chi connectivity index (χ2v) is 8.18. The van der Waals surface area contributed by atoms with E-state index in [1.165, 1.54) is 31.4 Å². The first-order valence-corrected chi connectivity index (χ1v) is 10.3. The molecule has 0 aromatic heterocycles. The maximum absolute atomic E-state index is 13.8. The van der Waals surface area contributed by atoms with Gasteiger partial charge in [-0.15, -0.1) is 0 Å². The molecule has 6 nitrogen and oxygen atoms in total. The maximum atomic E-state index is 13.8. The molecule has 0 unspecified atom stereocenters. The van der Waals surface area contributed by atoms with E-state index in [1.807, 2.05) is 4.72 Å². The Morgan fingerprint density at radius 1 is 1.00 bits per heavy atom. The molecular weight excluding hydrogens is 438 g/mol. The van der Waals surface area contributed by atoms with Gasteiger partial charge in [-0.2, -0.15) is 0 Å². The predicted octanol–water partition coefficient (Wildman–Crippen LogP) is 4.68. The zero-order valence-electron chi connectivity index (χ0n) is 15.4. The smallest absolute Gasteiger partial charge is 0.262 e. The van der Waals surface area contributed by atoms with Crippen molar-refractivity contribution in [2.45, 2.75) is 4.90 Å². The molecule has 0 saturated carbocycles. The van der Waals surface area contributed by atoms with Crippen LogP contribution >= 0.6 is 11.6 Å². The Kier molecular flexibility index (Phi) is 6.23. The van der Waals surface area contributed by atoms with Crippen molar-refractivity contribution in [2.24, 2.45) is 0 Å². The van der Waals surface area contributed by atoms with Gasteiger partial charge in [-0.25, -0.2) is 17.2 Å². The van der Waals surface area contributed by atoms with Crippen molar-refractivity contribution >= 4 is 38.9 Å². The molecule has 30 heavy (non-hydrogen) atoms. The van der Waals surface area contributed by atoms with Crippen LogP contribution in [0.2, 0.25) is 5.02 Å². The third kappa shape index (κ3) is 4.87. The Morgan fingerprint density at radius 3 is 2.43 bits per heavy atom. The summed E-state index contributed by atoms with van der Waals surface area (Å²) in [6.07, 6.45) is 0. The number of sulfonamides is 1. The van der Waals surface area contributed by atoms with E-state index in [0.717, 1.165) is 18.2 Å². The van der Waals surface area contributed by atoms with Gasteiger partial charge in [-0.05, 0) is 48.5 Å². The number of carbonyl (C=O) groups is 1. The number of hydrogen-bond donors (Lipinski definition) is 2. The molecule has 0 atom stereocenters. The van der Waals surface area contributed by atoms with E-state index in [4.69, 9.17) is 16.3 Å². The third-order valence-electron chi connectivity index (χ3n) is 3.99. The molecule has 0 saturated heterocycles. The van der Waals surface area contributed by atoms with Gasteiger partial charge in [0.15, 0.2) is 0 Å². The average Bonchev–Trinajstić information content (AvgIpc) is 2.70. The molecule has 0 fully saturated rings. The lowest BCUT2D eigenvalue weighted by molar-refractivity contribution is 0.102. The van der Waals surface area contributed by atoms with Gasteiger partial charge in [-0.3, -0.25) is 9.52 Å². The number of nitrogens with one attached hydrogen (secondary N) is 2. The topological polar surface area (TPSA) is 84.5 Å². The largest absolute Gasteiger partial charge is 0.495 e. The minimum absolute atomic E-state index is 0.0740. The normalized spacial score (nSPS) is 11.1. The highest BCUT2D eigenvalue weighted by molar-refractivity contribution is 7.92. The zero-order valence-corrected chi connectivity index (χ0v) is 17.0. The summed E-state index contributed by atoms with van der Waals surface area (Å²) in [5.74, 6) is -2.24. The maximum Gasteiger partial charge on any atom is 0.262 e. The summed E-state index contributed by atoms with van der Waals surface area (Å²) in [5, 5.41) is 2.92. The monoisotopic (exact) mass is 452 g/mol. The summed E-state index contributed by atoms with van der Waals surface area (Å²) in [4.78, 5) is 12.2. The van der Waals surface area contributed by atoms with Crippen LogP contribution in [0.3, 0.4) is 0 Å². The number of amides is 1. The van der Waals surface area contributed by atoms with Gasteiger partial charge < -0.3 is 10.1 Å². The van der Waals surface area contributed by atoms with Crippen LogP contribution in [0.1, 0.15) is 10.4 Å². The van der Waals surface area contributed by atoms with E-state index < -0.39 is 33.3 Å². The number of ether oxygens (including phenoxy) is 1. The fraction of sp³-hybridized carbons (Fsp3) is 0.0500. The van der Waals surface area contributed by atoms with E-state index in [1.54, 1.807) is 12.1 Å². The first-order valence-electron chi connectivity index (χ1n) is 8.42. The van der Waals surface area contributed by atoms with Crippen molar-refractivity contribution in [2.75, 3.05) is 17.1 Å². The fourth-order valence-electron chi connectivity index (χ4n) is 2.55. The zero-order chi connectivity index (χ0) is 21.9. The average molecular weight is 453 g/mol. The molecule has 0 heterocycles. The molecule has 0 bridgehead atoms. The van der Waals surface area contributed by atoms with Crippen LogP contribution in [-0.2, 0) is 10.0 Å². The standard InChI is InChI=1S/C20H15ClF2N2O4S/c1-29-19-8-6-15(30(27,28)25-17-7-5-14(22)10-16(17)23)11-18(19)24-20(26)12-3-2-4-13(21)9-12/h2-11,25H,1H3,(H,24,26). The van der Waals surface area contributed by atoms with Crippen LogP contribution in [0.15, 0.2) is 65.6 Å². The number of rotatable bonds is 6. The lowest BCUT2D eigenvalue weighted by atomic mass is 10.2. The van der Waals surface area contributed by atoms with E-state index in [-0.39, 0.29) is 21.9 Å². The van der Waals surface area contributed by atoms with Crippen LogP contribution in [0, 0.1) is 11.6 Å². The van der Waals surface area contributed by atoms with Gasteiger partial charge in [-0.1, -0.05) is 17.7 Å². The SMILES string of the molecule is COc1ccc(S(=O)(=O)Nc2ccc(F)cc2F)cc1NC(=O)c1cccc(Cl)c1. The lowest BCUT2D eigenvalue weighted by Gasteiger charge is -2.14. The van der Waals surface area contributed by atoms with Crippen LogP contribution < -0.4 is 14.8 Å². The number of benzene rings is 3. The third-order valence-corrected chi connectivity index (χ3v) is 5.59. The Labute approximate surface area is 176 Å². The Balaban J connectivity index is 1.92. The molecule has 10 heteroatoms. The van der Waals surface area contributed by atoms with E-state index in [0.29, 0.717) is 11.1 Å². The first kappa shape index (κ1) is 21.5. The second-order valence-electron chi connectivity index (χ2n) is 6.06. The second kappa shape index (κ2) is 8.68. The summed E-state index contributed by atoms with van der Waals surface area (Å²) < 4.78 is 59.4. The number of hydrogen-bond acceptors (Lipinski definition) is 4. The van der Waals surface area contributed by atoms with Crippen molar-refractivity contribution in [3.05, 3.63) is 82.9 Å². The molecule has 3 rings (SSSR count). The highest BCUT2D eigenvalue weighted by atomic mass is 35.5. The molecule has 0 aliphatic rings. The summed E-state index contributed by atoms with van der Waals surface area (Å²) in [6, 6.07) is 12.3. The molecular formula is C20H15ClF2N2O4S.